The van der Waals surface area contributed by atoms with Crippen molar-refractivity contribution in [2.24, 2.45) is 7.05 Å². The lowest BCUT2D eigenvalue weighted by molar-refractivity contribution is -0.659. The van der Waals surface area contributed by atoms with Crippen molar-refractivity contribution in [3.05, 3.63) is 47.6 Å². The Morgan fingerprint density at radius 3 is 2.23 bits per heavy atom. The minimum Gasteiger partial charge on any atom is -0.201 e. The zero-order chi connectivity index (χ0) is 17.6. The van der Waals surface area contributed by atoms with Crippen LogP contribution in [-0.2, 0) is 12.5 Å². The molecule has 118 valence electrons. The molecule has 0 aliphatic heterocycles. The molecule has 0 bridgehead atoms. The van der Waals surface area contributed by atoms with Crippen molar-refractivity contribution in [1.29, 1.82) is 0 Å². The molecule has 0 aliphatic carbocycles. The maximum atomic E-state index is 8.59. The number of hydrogen-bond donors (Lipinski definition) is 0. The maximum absolute atomic E-state index is 8.59. The van der Waals surface area contributed by atoms with Crippen LogP contribution in [-0.4, -0.2) is 8.07 Å². The summed E-state index contributed by atoms with van der Waals surface area (Å²) in [5, 5.41) is 1.22. The third kappa shape index (κ3) is 3.49. The predicted octanol–water partition coefficient (Wildman–Crippen LogP) is 4.33. The van der Waals surface area contributed by atoms with E-state index in [1.807, 2.05) is 11.6 Å². The summed E-state index contributed by atoms with van der Waals surface area (Å²) >= 11 is 0. The quantitative estimate of drug-likeness (QED) is 0.574. The second kappa shape index (κ2) is 5.66. The van der Waals surface area contributed by atoms with Crippen molar-refractivity contribution in [3.8, 4) is 11.3 Å². The summed E-state index contributed by atoms with van der Waals surface area (Å²) < 4.78 is 10.6. The minimum atomic E-state index is -1.50. The average molecular weight is 314 g/mol. The van der Waals surface area contributed by atoms with Crippen LogP contribution in [0.25, 0.3) is 11.3 Å². The highest BCUT2D eigenvalue weighted by atomic mass is 28.3. The van der Waals surface area contributed by atoms with E-state index in [9.17, 15) is 0 Å². The summed E-state index contributed by atoms with van der Waals surface area (Å²) in [6.07, 6.45) is 0.655. The van der Waals surface area contributed by atoms with Crippen molar-refractivity contribution in [1.82, 2.24) is 0 Å². The Balaban J connectivity index is 2.67. The van der Waals surface area contributed by atoms with Gasteiger partial charge in [-0.05, 0) is 29.5 Å². The van der Waals surface area contributed by atoms with Gasteiger partial charge in [-0.15, -0.1) is 0 Å². The van der Waals surface area contributed by atoms with E-state index >= 15 is 0 Å². The van der Waals surface area contributed by atoms with Gasteiger partial charge in [-0.25, -0.2) is 4.57 Å². The third-order valence-corrected chi connectivity index (χ3v) is 6.14. The van der Waals surface area contributed by atoms with E-state index in [0.29, 0.717) is 6.17 Å². The molecule has 0 spiro atoms. The summed E-state index contributed by atoms with van der Waals surface area (Å²) in [5.74, 6) is 0. The number of nitrogens with zero attached hydrogens (tertiary/aromatic N) is 1. The van der Waals surface area contributed by atoms with Gasteiger partial charge in [-0.3, -0.25) is 0 Å². The number of rotatable bonds is 2. The van der Waals surface area contributed by atoms with Gasteiger partial charge < -0.3 is 0 Å². The highest BCUT2D eigenvalue weighted by Crippen LogP contribution is 2.28. The molecule has 0 N–H and O–H groups in total. The van der Waals surface area contributed by atoms with E-state index < -0.39 is 8.07 Å². The van der Waals surface area contributed by atoms with Crippen LogP contribution in [0.4, 0.5) is 0 Å². The molecule has 0 aliphatic rings. The number of benzene rings is 1. The van der Waals surface area contributed by atoms with Gasteiger partial charge in [-0.2, -0.15) is 0 Å². The molecule has 2 aromatic rings. The highest BCUT2D eigenvalue weighted by molar-refractivity contribution is 6.88. The largest absolute Gasteiger partial charge is 0.212 e. The van der Waals surface area contributed by atoms with Crippen molar-refractivity contribution in [2.45, 2.75) is 52.8 Å². The molecule has 1 nitrogen and oxygen atoms in total. The zero-order valence-electron chi connectivity index (χ0n) is 16.3. The molecule has 1 heterocycles. The predicted molar refractivity (Wildman–Crippen MR) is 99.5 cm³/mol. The van der Waals surface area contributed by atoms with Crippen LogP contribution in [0.2, 0.25) is 19.6 Å². The molecule has 0 atom stereocenters. The Labute approximate surface area is 138 Å². The lowest BCUT2D eigenvalue weighted by Crippen LogP contribution is -2.45. The molecular formula is C20H30NSi+. The molecule has 0 saturated heterocycles. The standard InChI is InChI=1S/C20H30NSi/c1-15-9-10-16(20(2,3)4)13-18(15)19-12-11-17(14-21(19)5)22(6,7)8/h9-14H,1-8H3/q+1/i14D. The molecule has 1 aromatic heterocycles. The molecule has 0 radical (unpaired) electrons. The van der Waals surface area contributed by atoms with Crippen LogP contribution >= 0.6 is 0 Å². The van der Waals surface area contributed by atoms with Crippen molar-refractivity contribution in [2.75, 3.05) is 0 Å². The summed E-state index contributed by atoms with van der Waals surface area (Å²) in [7, 11) is 0.522. The van der Waals surface area contributed by atoms with Crippen LogP contribution in [0.3, 0.4) is 0 Å². The van der Waals surface area contributed by atoms with Crippen LogP contribution in [0, 0.1) is 6.92 Å². The first-order chi connectivity index (χ1) is 10.4. The Morgan fingerprint density at radius 1 is 1.05 bits per heavy atom. The topological polar surface area (TPSA) is 3.88 Å². The summed E-state index contributed by atoms with van der Waals surface area (Å²) in [4.78, 5) is 0. The number of hydrogen-bond acceptors (Lipinski definition) is 0. The first-order valence-electron chi connectivity index (χ1n) is 8.54. The van der Waals surface area contributed by atoms with E-state index in [0.717, 1.165) is 5.69 Å². The molecule has 0 fully saturated rings. The fraction of sp³-hybridized carbons (Fsp3) is 0.450. The van der Waals surface area contributed by atoms with Crippen LogP contribution < -0.4 is 9.75 Å². The molecule has 1 aromatic carbocycles. The Bertz CT molecular complexity index is 737. The van der Waals surface area contributed by atoms with Crippen molar-refractivity contribution in [3.63, 3.8) is 0 Å². The van der Waals surface area contributed by atoms with Gasteiger partial charge >= 0.3 is 0 Å². The van der Waals surface area contributed by atoms with Crippen molar-refractivity contribution < 1.29 is 5.94 Å². The Hall–Kier alpha value is -1.41. The van der Waals surface area contributed by atoms with Gasteiger partial charge in [-0.1, -0.05) is 58.6 Å². The minimum absolute atomic E-state index is 0.128. The molecular weight excluding hydrogens is 282 g/mol. The fourth-order valence-electron chi connectivity index (χ4n) is 2.60. The van der Waals surface area contributed by atoms with E-state index in [4.69, 9.17) is 1.37 Å². The smallest absolute Gasteiger partial charge is 0.201 e. The third-order valence-electron chi connectivity index (χ3n) is 4.24. The maximum Gasteiger partial charge on any atom is 0.212 e. The molecule has 0 amide bonds. The molecule has 2 rings (SSSR count). The molecule has 22 heavy (non-hydrogen) atoms. The number of aromatic nitrogens is 1. The molecule has 0 saturated carbocycles. The molecule has 2 heteroatoms. The zero-order valence-corrected chi connectivity index (χ0v) is 16.3. The van der Waals surface area contributed by atoms with Gasteiger partial charge in [0.25, 0.3) is 0 Å². The monoisotopic (exact) mass is 313 g/mol. The van der Waals surface area contributed by atoms with Crippen LogP contribution in [0.15, 0.2) is 36.5 Å². The van der Waals surface area contributed by atoms with E-state index in [1.165, 1.54) is 21.9 Å². The lowest BCUT2D eigenvalue weighted by atomic mass is 9.85. The second-order valence-corrected chi connectivity index (χ2v) is 13.4. The first kappa shape index (κ1) is 15.5. The fourth-order valence-corrected chi connectivity index (χ4v) is 3.69. The van der Waals surface area contributed by atoms with E-state index in [-0.39, 0.29) is 5.41 Å². The Morgan fingerprint density at radius 2 is 1.68 bits per heavy atom. The van der Waals surface area contributed by atoms with Crippen LogP contribution in [0.5, 0.6) is 0 Å². The summed E-state index contributed by atoms with van der Waals surface area (Å²) in [6, 6.07) is 11.1. The van der Waals surface area contributed by atoms with Gasteiger partial charge in [0.2, 0.25) is 5.69 Å². The highest BCUT2D eigenvalue weighted by Gasteiger charge is 2.23. The summed E-state index contributed by atoms with van der Waals surface area (Å²) in [5.41, 5.74) is 5.08. The number of aryl methyl sites for hydroxylation is 1. The van der Waals surface area contributed by atoms with Gasteiger partial charge in [0.05, 0.1) is 8.07 Å². The SMILES string of the molecule is [2H]c1c([Si](C)(C)C)ccc(-c2cc(C(C)(C)C)ccc2C)[n+]1C. The van der Waals surface area contributed by atoms with E-state index in [2.05, 4.69) is 77.7 Å². The van der Waals surface area contributed by atoms with Gasteiger partial charge in [0.15, 0.2) is 6.17 Å². The average Bonchev–Trinajstić information content (AvgIpc) is 2.40. The van der Waals surface area contributed by atoms with Crippen molar-refractivity contribution >= 4 is 13.3 Å². The lowest BCUT2D eigenvalue weighted by Gasteiger charge is -2.20. The number of pyridine rings is 1. The molecule has 0 unspecified atom stereocenters. The van der Waals surface area contributed by atoms with Gasteiger partial charge in [0.1, 0.15) is 8.42 Å². The summed E-state index contributed by atoms with van der Waals surface area (Å²) in [6.45, 7) is 15.8. The van der Waals surface area contributed by atoms with Crippen LogP contribution in [0.1, 0.15) is 33.3 Å². The Kier molecular flexibility index (Phi) is 3.98. The first-order valence-corrected chi connectivity index (χ1v) is 11.5. The normalized spacial score (nSPS) is 13.2. The van der Waals surface area contributed by atoms with E-state index in [1.54, 1.807) is 0 Å². The second-order valence-electron chi connectivity index (χ2n) is 8.33. The van der Waals surface area contributed by atoms with Gasteiger partial charge in [0, 0.05) is 16.8 Å².